The van der Waals surface area contributed by atoms with Crippen molar-refractivity contribution in [3.8, 4) is 0 Å². The van der Waals surface area contributed by atoms with Gasteiger partial charge >= 0.3 is 6.18 Å². The number of carboxylic acids is 1. The molecule has 2 aromatic carbocycles. The van der Waals surface area contributed by atoms with Gasteiger partial charge in [-0.1, -0.05) is 49.5 Å². The molecular formula is C29H29F3N2O2Si. The SMILES string of the molecule is C[Si]1(C)C2=CC(=[N+]3CCC3)C=CC2=C(c2ccccc2)c2ccc(N3CCC3)cc21.O=C([O-])C(F)(F)F. The van der Waals surface area contributed by atoms with Gasteiger partial charge in [0.1, 0.15) is 27.1 Å². The largest absolute Gasteiger partial charge is 0.542 e. The van der Waals surface area contributed by atoms with Crippen molar-refractivity contribution in [3.63, 3.8) is 0 Å². The number of anilines is 1. The number of fused-ring (bicyclic) bond motifs is 2. The van der Waals surface area contributed by atoms with Crippen LogP contribution in [0.4, 0.5) is 18.9 Å². The van der Waals surface area contributed by atoms with E-state index in [1.165, 1.54) is 72.7 Å². The second-order valence-electron chi connectivity index (χ2n) is 10.3. The highest BCUT2D eigenvalue weighted by molar-refractivity contribution is 6.98. The first kappa shape index (κ1) is 25.3. The summed E-state index contributed by atoms with van der Waals surface area (Å²) in [5, 5.41) is 12.0. The molecule has 0 radical (unpaired) electrons. The predicted octanol–water partition coefficient (Wildman–Crippen LogP) is 3.82. The van der Waals surface area contributed by atoms with Crippen LogP contribution in [0, 0.1) is 0 Å². The van der Waals surface area contributed by atoms with Crippen molar-refractivity contribution in [2.75, 3.05) is 31.1 Å². The molecule has 1 aliphatic carbocycles. The lowest BCUT2D eigenvalue weighted by atomic mass is 9.89. The molecule has 2 aromatic rings. The van der Waals surface area contributed by atoms with Crippen LogP contribution in [0.5, 0.6) is 0 Å². The van der Waals surface area contributed by atoms with Crippen molar-refractivity contribution in [2.45, 2.75) is 32.1 Å². The van der Waals surface area contributed by atoms with Crippen LogP contribution >= 0.6 is 0 Å². The van der Waals surface area contributed by atoms with Gasteiger partial charge in [0.15, 0.2) is 5.71 Å². The van der Waals surface area contributed by atoms with Gasteiger partial charge < -0.3 is 14.8 Å². The minimum Gasteiger partial charge on any atom is -0.542 e. The molecule has 2 fully saturated rings. The molecule has 8 heteroatoms. The molecule has 3 aliphatic heterocycles. The number of nitrogens with zero attached hydrogens (tertiary/aromatic N) is 2. The fraction of sp³-hybridized carbons (Fsp3) is 0.310. The number of hydrogen-bond donors (Lipinski definition) is 0. The standard InChI is InChI=1S/C27H29N2Si.C2HF3O2/c1-30(2)25-18-21(28-14-6-15-28)10-12-23(25)27(20-8-4-3-5-9-20)24-13-11-22(19-26(24)30)29-16-7-17-29;3-2(4,5)1(6)7/h3-5,8-13,18-19H,6-7,14-17H2,1-2H3;(H,6,7)/q+1;/p-1. The molecule has 0 aromatic heterocycles. The summed E-state index contributed by atoms with van der Waals surface area (Å²) in [6, 6.07) is 18.3. The number of hydrogen-bond acceptors (Lipinski definition) is 3. The highest BCUT2D eigenvalue weighted by Gasteiger charge is 2.41. The molecule has 4 nitrogen and oxygen atoms in total. The molecule has 2 saturated heterocycles. The van der Waals surface area contributed by atoms with Crippen molar-refractivity contribution in [3.05, 3.63) is 88.7 Å². The molecule has 192 valence electrons. The Morgan fingerprint density at radius 1 is 1.00 bits per heavy atom. The van der Waals surface area contributed by atoms with E-state index in [0.717, 1.165) is 0 Å². The number of rotatable bonds is 2. The number of carboxylic acid groups (broad SMARTS) is 1. The number of benzene rings is 2. The van der Waals surface area contributed by atoms with E-state index < -0.39 is 20.2 Å². The van der Waals surface area contributed by atoms with Gasteiger partial charge in [-0.15, -0.1) is 0 Å². The predicted molar refractivity (Wildman–Crippen MR) is 141 cm³/mol. The van der Waals surface area contributed by atoms with E-state index in [0.29, 0.717) is 0 Å². The minimum atomic E-state index is -5.19. The van der Waals surface area contributed by atoms with E-state index in [1.54, 1.807) is 10.4 Å². The first-order chi connectivity index (χ1) is 17.6. The molecule has 37 heavy (non-hydrogen) atoms. The number of halogens is 3. The normalized spacial score (nSPS) is 19.6. The summed E-state index contributed by atoms with van der Waals surface area (Å²) < 4.78 is 34.1. The summed E-state index contributed by atoms with van der Waals surface area (Å²) in [6.07, 6.45) is 4.74. The smallest absolute Gasteiger partial charge is 0.430 e. The van der Waals surface area contributed by atoms with Crippen molar-refractivity contribution >= 4 is 36.2 Å². The molecule has 0 saturated carbocycles. The molecule has 0 bridgehead atoms. The lowest BCUT2D eigenvalue weighted by Gasteiger charge is -2.40. The van der Waals surface area contributed by atoms with Crippen LogP contribution < -0.4 is 15.2 Å². The van der Waals surface area contributed by atoms with Gasteiger partial charge in [0, 0.05) is 30.9 Å². The van der Waals surface area contributed by atoms with Gasteiger partial charge in [-0.25, -0.2) is 4.58 Å². The number of alkyl halides is 3. The summed E-state index contributed by atoms with van der Waals surface area (Å²) in [5.74, 6) is -3.01. The van der Waals surface area contributed by atoms with Crippen molar-refractivity contribution in [2.24, 2.45) is 0 Å². The molecule has 6 rings (SSSR count). The Labute approximate surface area is 215 Å². The zero-order chi connectivity index (χ0) is 26.4. The van der Waals surface area contributed by atoms with Gasteiger partial charge in [-0.05, 0) is 57.3 Å². The van der Waals surface area contributed by atoms with E-state index in [2.05, 4.69) is 89.3 Å². The molecule has 0 N–H and O–H groups in total. The first-order valence-electron chi connectivity index (χ1n) is 12.6. The molecular weight excluding hydrogens is 493 g/mol. The average Bonchev–Trinajstić information content (AvgIpc) is 2.78. The Kier molecular flexibility index (Phi) is 6.48. The van der Waals surface area contributed by atoms with Crippen molar-refractivity contribution in [1.82, 2.24) is 0 Å². The number of aliphatic carboxylic acids is 1. The van der Waals surface area contributed by atoms with Crippen LogP contribution in [-0.2, 0) is 4.79 Å². The molecule has 3 heterocycles. The average molecular weight is 523 g/mol. The van der Waals surface area contributed by atoms with Crippen molar-refractivity contribution < 1.29 is 27.6 Å². The summed E-state index contributed by atoms with van der Waals surface area (Å²) >= 11 is 0. The molecule has 0 atom stereocenters. The Bertz CT molecular complexity index is 1360. The molecule has 0 amide bonds. The van der Waals surface area contributed by atoms with Crippen LogP contribution in [-0.4, -0.2) is 56.7 Å². The van der Waals surface area contributed by atoms with Gasteiger partial charge in [-0.2, -0.15) is 13.2 Å². The Morgan fingerprint density at radius 3 is 2.22 bits per heavy atom. The fourth-order valence-corrected chi connectivity index (χ4v) is 8.35. The van der Waals surface area contributed by atoms with E-state index in [4.69, 9.17) is 9.90 Å². The monoisotopic (exact) mass is 522 g/mol. The maximum absolute atomic E-state index is 10.5. The molecule has 0 unspecified atom stereocenters. The second-order valence-corrected chi connectivity index (χ2v) is 14.6. The molecule has 4 aliphatic rings. The van der Waals surface area contributed by atoms with Crippen LogP contribution in [0.15, 0.2) is 77.5 Å². The van der Waals surface area contributed by atoms with Gasteiger partial charge in [0.05, 0.1) is 6.42 Å². The maximum atomic E-state index is 10.5. The number of allylic oxidation sites excluding steroid dienone is 5. The summed E-state index contributed by atoms with van der Waals surface area (Å²) in [6.45, 7) is 9.90. The topological polar surface area (TPSA) is 46.4 Å². The zero-order valence-electron chi connectivity index (χ0n) is 20.9. The lowest BCUT2D eigenvalue weighted by Crippen LogP contribution is -2.50. The third-order valence-electron chi connectivity index (χ3n) is 7.63. The van der Waals surface area contributed by atoms with Crippen molar-refractivity contribution in [1.29, 1.82) is 0 Å². The van der Waals surface area contributed by atoms with Crippen LogP contribution in [0.25, 0.3) is 5.57 Å². The van der Waals surface area contributed by atoms with E-state index in [9.17, 15) is 13.2 Å². The molecule has 0 spiro atoms. The van der Waals surface area contributed by atoms with Crippen LogP contribution in [0.3, 0.4) is 0 Å². The summed E-state index contributed by atoms with van der Waals surface area (Å²) in [4.78, 5) is 11.3. The third kappa shape index (κ3) is 4.70. The first-order valence-corrected chi connectivity index (χ1v) is 15.6. The van der Waals surface area contributed by atoms with Gasteiger partial charge in [0.2, 0.25) is 0 Å². The highest BCUT2D eigenvalue weighted by Crippen LogP contribution is 2.42. The zero-order valence-corrected chi connectivity index (χ0v) is 21.9. The number of carbonyl (C=O) groups excluding carboxylic acids is 1. The van der Waals surface area contributed by atoms with E-state index in [1.807, 2.05) is 0 Å². The Morgan fingerprint density at radius 2 is 1.68 bits per heavy atom. The fourth-order valence-electron chi connectivity index (χ4n) is 5.28. The number of carbonyl (C=O) groups is 1. The third-order valence-corrected chi connectivity index (χ3v) is 11.1. The Hall–Kier alpha value is -3.39. The van der Waals surface area contributed by atoms with Gasteiger partial charge in [0.25, 0.3) is 0 Å². The minimum absolute atomic E-state index is 1.20. The van der Waals surface area contributed by atoms with Gasteiger partial charge in [-0.3, -0.25) is 0 Å². The Balaban J connectivity index is 0.000000355. The maximum Gasteiger partial charge on any atom is 0.430 e. The highest BCUT2D eigenvalue weighted by atomic mass is 28.3. The van der Waals surface area contributed by atoms with Crippen LogP contribution in [0.2, 0.25) is 13.1 Å². The second kappa shape index (κ2) is 9.48. The summed E-state index contributed by atoms with van der Waals surface area (Å²) in [7, 11) is -1.81. The van der Waals surface area contributed by atoms with E-state index in [-0.39, 0.29) is 0 Å². The quantitative estimate of drug-likeness (QED) is 0.445. The van der Waals surface area contributed by atoms with E-state index >= 15 is 0 Å². The lowest BCUT2D eigenvalue weighted by molar-refractivity contribution is -0.582. The summed E-state index contributed by atoms with van der Waals surface area (Å²) in [5.41, 5.74) is 8.47. The van der Waals surface area contributed by atoms with Crippen LogP contribution in [0.1, 0.15) is 24.0 Å².